The zero-order chi connectivity index (χ0) is 16.7. The fourth-order valence-corrected chi connectivity index (χ4v) is 6.33. The third-order valence-electron chi connectivity index (χ3n) is 5.36. The van der Waals surface area contributed by atoms with Crippen molar-refractivity contribution in [1.82, 2.24) is 0 Å². The minimum absolute atomic E-state index is 0.560. The molecule has 1 nitrogen and oxygen atoms in total. The van der Waals surface area contributed by atoms with E-state index in [4.69, 9.17) is 4.43 Å². The van der Waals surface area contributed by atoms with Crippen LogP contribution in [0.4, 0.5) is 0 Å². The lowest BCUT2D eigenvalue weighted by molar-refractivity contribution is 0.159. The first kappa shape index (κ1) is 22.2. The summed E-state index contributed by atoms with van der Waals surface area (Å²) >= 11 is 0. The van der Waals surface area contributed by atoms with Crippen LogP contribution in [0.2, 0.25) is 18.1 Å². The van der Waals surface area contributed by atoms with Crippen molar-refractivity contribution >= 4 is 8.32 Å². The summed E-state index contributed by atoms with van der Waals surface area (Å²) in [4.78, 5) is 0. The zero-order valence-electron chi connectivity index (χ0n) is 16.4. The van der Waals surface area contributed by atoms with Crippen molar-refractivity contribution < 1.29 is 4.43 Å². The SMILES string of the molecule is CCCCCCCC(CCCCCC)O[Si](CC)(CC)CC. The molecule has 0 N–H and O–H groups in total. The molecule has 0 saturated heterocycles. The second-order valence-corrected chi connectivity index (χ2v) is 11.8. The van der Waals surface area contributed by atoms with Gasteiger partial charge in [0, 0.05) is 6.10 Å². The van der Waals surface area contributed by atoms with E-state index >= 15 is 0 Å². The standard InChI is InChI=1S/C20H44OSi/c1-6-11-13-15-17-19-20(18-16-14-12-7-2)21-22(8-3,9-4)10-5/h20H,6-19H2,1-5H3. The Morgan fingerprint density at radius 2 is 1.00 bits per heavy atom. The molecular formula is C20H44OSi. The highest BCUT2D eigenvalue weighted by Crippen LogP contribution is 2.27. The van der Waals surface area contributed by atoms with Crippen molar-refractivity contribution in [3.63, 3.8) is 0 Å². The Labute approximate surface area is 142 Å². The van der Waals surface area contributed by atoms with Crippen LogP contribution >= 0.6 is 0 Å². The molecule has 0 aromatic carbocycles. The zero-order valence-corrected chi connectivity index (χ0v) is 17.4. The first-order valence-corrected chi connectivity index (χ1v) is 12.9. The summed E-state index contributed by atoms with van der Waals surface area (Å²) in [5, 5.41) is 0. The van der Waals surface area contributed by atoms with Gasteiger partial charge >= 0.3 is 0 Å². The lowest BCUT2D eigenvalue weighted by Gasteiger charge is -2.33. The first-order valence-electron chi connectivity index (χ1n) is 10.4. The molecule has 0 aromatic rings. The van der Waals surface area contributed by atoms with Crippen LogP contribution in [0.1, 0.15) is 105 Å². The maximum atomic E-state index is 6.81. The van der Waals surface area contributed by atoms with Crippen LogP contribution in [0, 0.1) is 0 Å². The summed E-state index contributed by atoms with van der Waals surface area (Å²) in [5.41, 5.74) is 0. The molecule has 0 radical (unpaired) electrons. The molecule has 0 aliphatic rings. The number of hydrogen-bond acceptors (Lipinski definition) is 1. The molecule has 2 heteroatoms. The Balaban J connectivity index is 4.30. The monoisotopic (exact) mass is 328 g/mol. The van der Waals surface area contributed by atoms with Gasteiger partial charge in [-0.05, 0) is 31.0 Å². The summed E-state index contributed by atoms with van der Waals surface area (Å²) in [5.74, 6) is 0. The summed E-state index contributed by atoms with van der Waals surface area (Å²) in [6.07, 6.45) is 15.6. The van der Waals surface area contributed by atoms with Gasteiger partial charge in [0.05, 0.1) is 0 Å². The Morgan fingerprint density at radius 3 is 1.41 bits per heavy atom. The molecule has 0 aliphatic heterocycles. The summed E-state index contributed by atoms with van der Waals surface area (Å²) in [6.45, 7) is 11.7. The van der Waals surface area contributed by atoms with Crippen LogP contribution in [0.3, 0.4) is 0 Å². The average Bonchev–Trinajstić information content (AvgIpc) is 2.56. The topological polar surface area (TPSA) is 9.23 Å². The van der Waals surface area contributed by atoms with E-state index in [0.29, 0.717) is 6.10 Å². The van der Waals surface area contributed by atoms with Crippen LogP contribution in [0.5, 0.6) is 0 Å². The molecule has 0 rings (SSSR count). The van der Waals surface area contributed by atoms with Gasteiger partial charge in [0.1, 0.15) is 0 Å². The van der Waals surface area contributed by atoms with Gasteiger partial charge in [0.2, 0.25) is 0 Å². The Hall–Kier alpha value is 0.177. The van der Waals surface area contributed by atoms with Gasteiger partial charge in [0.15, 0.2) is 8.32 Å². The van der Waals surface area contributed by atoms with E-state index in [1.54, 1.807) is 0 Å². The number of unbranched alkanes of at least 4 members (excludes halogenated alkanes) is 7. The highest BCUT2D eigenvalue weighted by atomic mass is 28.4. The largest absolute Gasteiger partial charge is 0.414 e. The normalized spacial score (nSPS) is 13.5. The molecule has 0 bridgehead atoms. The predicted octanol–water partition coefficient (Wildman–Crippen LogP) is 7.71. The third-order valence-corrected chi connectivity index (χ3v) is 10.1. The smallest absolute Gasteiger partial charge is 0.192 e. The Bertz CT molecular complexity index is 217. The van der Waals surface area contributed by atoms with Crippen LogP contribution in [0.15, 0.2) is 0 Å². The quantitative estimate of drug-likeness (QED) is 0.208. The average molecular weight is 329 g/mol. The highest BCUT2D eigenvalue weighted by molar-refractivity contribution is 6.73. The first-order chi connectivity index (χ1) is 10.7. The molecule has 0 amide bonds. The van der Waals surface area contributed by atoms with Crippen LogP contribution in [0.25, 0.3) is 0 Å². The maximum absolute atomic E-state index is 6.81. The molecule has 0 aliphatic carbocycles. The van der Waals surface area contributed by atoms with Gasteiger partial charge in [-0.1, -0.05) is 92.4 Å². The van der Waals surface area contributed by atoms with Gasteiger partial charge < -0.3 is 4.43 Å². The van der Waals surface area contributed by atoms with E-state index in [0.717, 1.165) is 0 Å². The third kappa shape index (κ3) is 10.0. The number of hydrogen-bond donors (Lipinski definition) is 0. The van der Waals surface area contributed by atoms with Crippen molar-refractivity contribution in [1.29, 1.82) is 0 Å². The van der Waals surface area contributed by atoms with E-state index < -0.39 is 8.32 Å². The molecule has 0 aromatic heterocycles. The lowest BCUT2D eigenvalue weighted by Crippen LogP contribution is -2.40. The second-order valence-electron chi connectivity index (χ2n) is 7.04. The maximum Gasteiger partial charge on any atom is 0.192 e. The van der Waals surface area contributed by atoms with Crippen molar-refractivity contribution in [2.45, 2.75) is 129 Å². The van der Waals surface area contributed by atoms with E-state index in [-0.39, 0.29) is 0 Å². The van der Waals surface area contributed by atoms with Crippen molar-refractivity contribution in [2.75, 3.05) is 0 Å². The Morgan fingerprint density at radius 1 is 0.591 bits per heavy atom. The minimum atomic E-state index is -1.42. The molecule has 0 spiro atoms. The molecule has 22 heavy (non-hydrogen) atoms. The van der Waals surface area contributed by atoms with Crippen LogP contribution in [-0.2, 0) is 4.43 Å². The summed E-state index contributed by atoms with van der Waals surface area (Å²) in [6, 6.07) is 3.88. The second kappa shape index (κ2) is 14.7. The van der Waals surface area contributed by atoms with Gasteiger partial charge in [-0.3, -0.25) is 0 Å². The van der Waals surface area contributed by atoms with Crippen LogP contribution < -0.4 is 0 Å². The van der Waals surface area contributed by atoms with Gasteiger partial charge in [0.25, 0.3) is 0 Å². The molecule has 134 valence electrons. The molecule has 0 heterocycles. The summed E-state index contributed by atoms with van der Waals surface area (Å²) in [7, 11) is -1.42. The minimum Gasteiger partial charge on any atom is -0.414 e. The van der Waals surface area contributed by atoms with E-state index in [1.165, 1.54) is 88.8 Å². The van der Waals surface area contributed by atoms with Crippen molar-refractivity contribution in [3.8, 4) is 0 Å². The van der Waals surface area contributed by atoms with Gasteiger partial charge in [-0.25, -0.2) is 0 Å². The highest BCUT2D eigenvalue weighted by Gasteiger charge is 2.31. The Kier molecular flexibility index (Phi) is 14.9. The fraction of sp³-hybridized carbons (Fsp3) is 1.00. The molecule has 0 fully saturated rings. The number of rotatable bonds is 16. The van der Waals surface area contributed by atoms with Gasteiger partial charge in [-0.15, -0.1) is 0 Å². The van der Waals surface area contributed by atoms with E-state index in [2.05, 4.69) is 34.6 Å². The molecule has 1 unspecified atom stereocenters. The van der Waals surface area contributed by atoms with E-state index in [1.807, 2.05) is 0 Å². The molecule has 1 atom stereocenters. The van der Waals surface area contributed by atoms with Crippen LogP contribution in [-0.4, -0.2) is 14.4 Å². The summed E-state index contributed by atoms with van der Waals surface area (Å²) < 4.78 is 6.81. The fourth-order valence-electron chi connectivity index (χ4n) is 3.39. The predicted molar refractivity (Wildman–Crippen MR) is 104 cm³/mol. The lowest BCUT2D eigenvalue weighted by atomic mass is 10.0. The molecule has 0 saturated carbocycles. The van der Waals surface area contributed by atoms with E-state index in [9.17, 15) is 0 Å². The van der Waals surface area contributed by atoms with Gasteiger partial charge in [-0.2, -0.15) is 0 Å². The van der Waals surface area contributed by atoms with Crippen molar-refractivity contribution in [2.24, 2.45) is 0 Å². The molecular weight excluding hydrogens is 284 g/mol. The van der Waals surface area contributed by atoms with Crippen molar-refractivity contribution in [3.05, 3.63) is 0 Å².